The van der Waals surface area contributed by atoms with Crippen molar-refractivity contribution in [3.05, 3.63) is 82.4 Å². The monoisotopic (exact) mass is 424 g/mol. The normalized spacial score (nSPS) is 10.7. The number of hydrogen-bond donors (Lipinski definition) is 1. The second-order valence-corrected chi connectivity index (χ2v) is 7.28. The van der Waals surface area contributed by atoms with Gasteiger partial charge in [0.2, 0.25) is 0 Å². The van der Waals surface area contributed by atoms with E-state index in [1.54, 1.807) is 17.1 Å². The van der Waals surface area contributed by atoms with Gasteiger partial charge in [0.05, 0.1) is 11.3 Å². The molecule has 128 valence electrons. The molecule has 2 heterocycles. The van der Waals surface area contributed by atoms with Gasteiger partial charge in [-0.2, -0.15) is 5.10 Å². The first-order valence-corrected chi connectivity index (χ1v) is 9.50. The number of hydrogen-bond acceptors (Lipinski definition) is 4. The van der Waals surface area contributed by atoms with Gasteiger partial charge in [0, 0.05) is 27.8 Å². The maximum absolute atomic E-state index is 12.8. The molecule has 0 spiro atoms. The molecule has 26 heavy (non-hydrogen) atoms. The second-order valence-electron chi connectivity index (χ2n) is 5.47. The highest BCUT2D eigenvalue weighted by atomic mass is 79.9. The van der Waals surface area contributed by atoms with Crippen LogP contribution >= 0.6 is 27.3 Å². The van der Waals surface area contributed by atoms with Gasteiger partial charge >= 0.3 is 0 Å². The number of aromatic nitrogens is 3. The van der Waals surface area contributed by atoms with Gasteiger partial charge in [-0.15, -0.1) is 11.3 Å². The lowest BCUT2D eigenvalue weighted by Crippen LogP contribution is -2.12. The molecule has 0 aliphatic carbocycles. The highest BCUT2D eigenvalue weighted by molar-refractivity contribution is 9.10. The van der Waals surface area contributed by atoms with Crippen LogP contribution in [-0.2, 0) is 0 Å². The van der Waals surface area contributed by atoms with Crippen LogP contribution in [0.15, 0.2) is 76.8 Å². The molecule has 0 radical (unpaired) electrons. The van der Waals surface area contributed by atoms with Crippen LogP contribution in [0, 0.1) is 0 Å². The molecule has 1 N–H and O–H groups in total. The minimum absolute atomic E-state index is 0.239. The largest absolute Gasteiger partial charge is 0.298 e. The number of halogens is 1. The van der Waals surface area contributed by atoms with Crippen LogP contribution in [0.2, 0.25) is 0 Å². The van der Waals surface area contributed by atoms with Crippen LogP contribution in [0.3, 0.4) is 0 Å². The van der Waals surface area contributed by atoms with Gasteiger partial charge in [-0.05, 0) is 24.3 Å². The van der Waals surface area contributed by atoms with Crippen molar-refractivity contribution >= 4 is 38.3 Å². The Kier molecular flexibility index (Phi) is 4.64. The van der Waals surface area contributed by atoms with Gasteiger partial charge in [-0.3, -0.25) is 10.1 Å². The molecule has 2 aromatic heterocycles. The van der Waals surface area contributed by atoms with Crippen molar-refractivity contribution in [3.63, 3.8) is 0 Å². The molecule has 4 aromatic rings. The van der Waals surface area contributed by atoms with Crippen LogP contribution in [-0.4, -0.2) is 20.7 Å². The average molecular weight is 425 g/mol. The molecule has 0 unspecified atom stereocenters. The van der Waals surface area contributed by atoms with E-state index in [1.165, 1.54) is 11.3 Å². The summed E-state index contributed by atoms with van der Waals surface area (Å²) in [5, 5.41) is 9.87. The van der Waals surface area contributed by atoms with Crippen molar-refractivity contribution in [3.8, 4) is 16.9 Å². The van der Waals surface area contributed by atoms with Gasteiger partial charge in [0.1, 0.15) is 5.69 Å². The van der Waals surface area contributed by atoms with Crippen molar-refractivity contribution < 1.29 is 4.79 Å². The molecule has 2 aromatic carbocycles. The molecular weight excluding hydrogens is 412 g/mol. The van der Waals surface area contributed by atoms with E-state index in [2.05, 4.69) is 31.3 Å². The van der Waals surface area contributed by atoms with Gasteiger partial charge < -0.3 is 0 Å². The molecule has 5 nitrogen and oxygen atoms in total. The molecule has 0 bridgehead atoms. The maximum atomic E-state index is 12.8. The lowest BCUT2D eigenvalue weighted by atomic mass is 10.1. The Morgan fingerprint density at radius 1 is 1.12 bits per heavy atom. The van der Waals surface area contributed by atoms with E-state index in [4.69, 9.17) is 0 Å². The zero-order valence-corrected chi connectivity index (χ0v) is 15.9. The molecule has 0 saturated heterocycles. The predicted octanol–water partition coefficient (Wildman–Crippen LogP) is 5.01. The number of benzene rings is 2. The summed E-state index contributed by atoms with van der Waals surface area (Å²) in [6, 6.07) is 17.4. The van der Waals surface area contributed by atoms with E-state index in [0.717, 1.165) is 15.7 Å². The fourth-order valence-electron chi connectivity index (χ4n) is 2.55. The number of rotatable bonds is 4. The lowest BCUT2D eigenvalue weighted by Gasteiger charge is -2.03. The Morgan fingerprint density at radius 3 is 2.69 bits per heavy atom. The number of anilines is 1. The quantitative estimate of drug-likeness (QED) is 0.500. The molecular formula is C19H13BrN4OS. The maximum Gasteiger partial charge on any atom is 0.261 e. The summed E-state index contributed by atoms with van der Waals surface area (Å²) < 4.78 is 2.64. The third kappa shape index (κ3) is 3.44. The standard InChI is InChI=1S/C19H13BrN4OS/c20-14-6-4-5-13(11-14)17-16(18(25)22-19-21-9-10-26-19)12-24(23-17)15-7-2-1-3-8-15/h1-12H,(H,21,22,25). The van der Waals surface area contributed by atoms with E-state index >= 15 is 0 Å². The van der Waals surface area contributed by atoms with Crippen LogP contribution in [0.5, 0.6) is 0 Å². The summed E-state index contributed by atoms with van der Waals surface area (Å²) in [5.74, 6) is -0.239. The molecule has 0 aliphatic rings. The van der Waals surface area contributed by atoms with Crippen molar-refractivity contribution in [1.29, 1.82) is 0 Å². The zero-order valence-electron chi connectivity index (χ0n) is 13.5. The summed E-state index contributed by atoms with van der Waals surface area (Å²) in [5.41, 5.74) is 2.85. The number of nitrogens with zero attached hydrogens (tertiary/aromatic N) is 3. The molecule has 4 rings (SSSR count). The summed E-state index contributed by atoms with van der Waals surface area (Å²) in [7, 11) is 0. The van der Waals surface area contributed by atoms with Crippen LogP contribution in [0.4, 0.5) is 5.13 Å². The number of nitrogens with one attached hydrogen (secondary N) is 1. The first kappa shape index (κ1) is 16.7. The van der Waals surface area contributed by atoms with Crippen LogP contribution in [0.1, 0.15) is 10.4 Å². The van der Waals surface area contributed by atoms with Crippen molar-refractivity contribution in [1.82, 2.24) is 14.8 Å². The van der Waals surface area contributed by atoms with E-state index in [9.17, 15) is 4.79 Å². The summed E-state index contributed by atoms with van der Waals surface area (Å²) in [6.45, 7) is 0. The van der Waals surface area contributed by atoms with Crippen molar-refractivity contribution in [2.45, 2.75) is 0 Å². The minimum atomic E-state index is -0.239. The number of carbonyl (C=O) groups is 1. The number of thiazole rings is 1. The van der Waals surface area contributed by atoms with Gasteiger partial charge in [-0.1, -0.05) is 46.3 Å². The highest BCUT2D eigenvalue weighted by Crippen LogP contribution is 2.27. The summed E-state index contributed by atoms with van der Waals surface area (Å²) in [6.07, 6.45) is 3.40. The van der Waals surface area contributed by atoms with Crippen molar-refractivity contribution in [2.75, 3.05) is 5.32 Å². The van der Waals surface area contributed by atoms with E-state index in [1.807, 2.05) is 60.0 Å². The highest BCUT2D eigenvalue weighted by Gasteiger charge is 2.19. The predicted molar refractivity (Wildman–Crippen MR) is 107 cm³/mol. The number of carbonyl (C=O) groups excluding carboxylic acids is 1. The molecule has 0 saturated carbocycles. The second kappa shape index (κ2) is 7.23. The Hall–Kier alpha value is -2.77. The van der Waals surface area contributed by atoms with Crippen molar-refractivity contribution in [2.24, 2.45) is 0 Å². The summed E-state index contributed by atoms with van der Waals surface area (Å²) >= 11 is 4.85. The fraction of sp³-hybridized carbons (Fsp3) is 0. The third-order valence-electron chi connectivity index (χ3n) is 3.73. The van der Waals surface area contributed by atoms with Gasteiger partial charge in [-0.25, -0.2) is 9.67 Å². The minimum Gasteiger partial charge on any atom is -0.298 e. The molecule has 0 aliphatic heterocycles. The topological polar surface area (TPSA) is 59.8 Å². The van der Waals surface area contributed by atoms with E-state index in [0.29, 0.717) is 16.4 Å². The number of para-hydroxylation sites is 1. The SMILES string of the molecule is O=C(Nc1nccs1)c1cn(-c2ccccc2)nc1-c1cccc(Br)c1. The molecule has 7 heteroatoms. The molecule has 1 amide bonds. The van der Waals surface area contributed by atoms with Crippen LogP contribution < -0.4 is 5.32 Å². The Bertz CT molecular complexity index is 1040. The third-order valence-corrected chi connectivity index (χ3v) is 4.91. The summed E-state index contributed by atoms with van der Waals surface area (Å²) in [4.78, 5) is 16.9. The Labute approximate surface area is 162 Å². The van der Waals surface area contributed by atoms with E-state index in [-0.39, 0.29) is 5.91 Å². The van der Waals surface area contributed by atoms with Gasteiger partial charge in [0.25, 0.3) is 5.91 Å². The lowest BCUT2D eigenvalue weighted by molar-refractivity contribution is 0.102. The fourth-order valence-corrected chi connectivity index (χ4v) is 3.47. The first-order chi connectivity index (χ1) is 12.7. The first-order valence-electron chi connectivity index (χ1n) is 7.82. The zero-order chi connectivity index (χ0) is 17.9. The molecule has 0 fully saturated rings. The van der Waals surface area contributed by atoms with E-state index < -0.39 is 0 Å². The number of amides is 1. The smallest absolute Gasteiger partial charge is 0.261 e. The Balaban J connectivity index is 1.80. The van der Waals surface area contributed by atoms with Gasteiger partial charge in [0.15, 0.2) is 5.13 Å². The van der Waals surface area contributed by atoms with Crippen LogP contribution in [0.25, 0.3) is 16.9 Å². The Morgan fingerprint density at radius 2 is 1.96 bits per heavy atom. The average Bonchev–Trinajstić information content (AvgIpc) is 3.32. The molecule has 0 atom stereocenters.